The van der Waals surface area contributed by atoms with Gasteiger partial charge in [-0.15, -0.1) is 0 Å². The van der Waals surface area contributed by atoms with Crippen molar-refractivity contribution in [3.63, 3.8) is 0 Å². The van der Waals surface area contributed by atoms with E-state index in [0.717, 1.165) is 44.9 Å². The molecule has 0 saturated carbocycles. The lowest BCUT2D eigenvalue weighted by Crippen LogP contribution is -2.05. The summed E-state index contributed by atoms with van der Waals surface area (Å²) in [5.41, 5.74) is 0.512. The lowest BCUT2D eigenvalue weighted by atomic mass is 9.97. The highest BCUT2D eigenvalue weighted by Gasteiger charge is 2.38. The molecule has 0 radical (unpaired) electrons. The number of aliphatic hydroxyl groups is 1. The maximum Gasteiger partial charge on any atom is 0.343 e. The zero-order valence-electron chi connectivity index (χ0n) is 18.0. The Balaban J connectivity index is 1.63. The van der Waals surface area contributed by atoms with Gasteiger partial charge in [-0.05, 0) is 32.6 Å². The Bertz CT molecular complexity index is 727. The number of carbonyl (C=O) groups excluding carboxylic acids is 2. The first-order valence-corrected chi connectivity index (χ1v) is 10.9. The summed E-state index contributed by atoms with van der Waals surface area (Å²) in [4.78, 5) is 23.8. The molecule has 0 saturated heterocycles. The summed E-state index contributed by atoms with van der Waals surface area (Å²) >= 11 is 0. The normalized spacial score (nSPS) is 16.2. The van der Waals surface area contributed by atoms with E-state index in [-0.39, 0.29) is 28.6 Å². The fourth-order valence-corrected chi connectivity index (χ4v) is 3.82. The van der Waals surface area contributed by atoms with Crippen LogP contribution in [-0.4, -0.2) is 40.3 Å². The van der Waals surface area contributed by atoms with Gasteiger partial charge in [-0.1, -0.05) is 32.1 Å². The van der Waals surface area contributed by atoms with Crippen LogP contribution in [0.5, 0.6) is 17.2 Å². The standard InChI is InChI=1S/C23H34O7/c1-15(24)12-13-16(25)10-8-6-4-3-5-7-9-11-18-20-21(23(28)30-18)19(29-2)14-17(26)22(20)27/h14-15,18,24,26-27H,3-13H2,1-2H3. The number of aromatic hydroxyl groups is 2. The number of carbonyl (C=O) groups is 2. The molecule has 1 heterocycles. The summed E-state index contributed by atoms with van der Waals surface area (Å²) in [5, 5.41) is 29.2. The molecule has 1 aliphatic heterocycles. The maximum atomic E-state index is 12.1. The Morgan fingerprint density at radius 1 is 1.10 bits per heavy atom. The lowest BCUT2D eigenvalue weighted by Gasteiger charge is -2.13. The number of ether oxygens (including phenoxy) is 2. The molecule has 0 amide bonds. The number of Topliss-reactive ketones (excluding diaryl/α,β-unsaturated/α-hetero) is 1. The van der Waals surface area contributed by atoms with E-state index in [1.165, 1.54) is 13.2 Å². The third kappa shape index (κ3) is 6.62. The molecule has 0 aromatic heterocycles. The van der Waals surface area contributed by atoms with Crippen LogP contribution in [0.1, 0.15) is 99.6 Å². The Hall–Kier alpha value is -2.28. The average molecular weight is 423 g/mol. The molecule has 1 aromatic rings. The first-order chi connectivity index (χ1) is 14.3. The van der Waals surface area contributed by atoms with Crippen molar-refractivity contribution in [3.8, 4) is 17.2 Å². The Morgan fingerprint density at radius 3 is 2.37 bits per heavy atom. The molecule has 0 fully saturated rings. The molecular weight excluding hydrogens is 388 g/mol. The SMILES string of the molecule is COc1cc(O)c(O)c2c1C(=O)OC2CCCCCCCCCC(=O)CCC(C)O. The van der Waals surface area contributed by atoms with Crippen molar-refractivity contribution in [1.29, 1.82) is 0 Å². The van der Waals surface area contributed by atoms with Gasteiger partial charge in [-0.25, -0.2) is 4.79 Å². The molecule has 168 valence electrons. The molecule has 2 atom stereocenters. The predicted molar refractivity (Wildman–Crippen MR) is 112 cm³/mol. The van der Waals surface area contributed by atoms with Crippen LogP contribution in [0.2, 0.25) is 0 Å². The summed E-state index contributed by atoms with van der Waals surface area (Å²) in [6, 6.07) is 1.22. The smallest absolute Gasteiger partial charge is 0.343 e. The van der Waals surface area contributed by atoms with Crippen molar-refractivity contribution in [3.05, 3.63) is 17.2 Å². The molecule has 7 heteroatoms. The first kappa shape index (κ1) is 24.0. The highest BCUT2D eigenvalue weighted by atomic mass is 16.6. The maximum absolute atomic E-state index is 12.1. The number of phenolic OH excluding ortho intramolecular Hbond substituents is 2. The van der Waals surface area contributed by atoms with E-state index in [1.807, 2.05) is 0 Å². The first-order valence-electron chi connectivity index (χ1n) is 10.9. The summed E-state index contributed by atoms with van der Waals surface area (Å²) in [5.74, 6) is -0.738. The predicted octanol–water partition coefficient (Wildman–Crippen LogP) is 4.56. The number of methoxy groups -OCH3 is 1. The highest BCUT2D eigenvalue weighted by Crippen LogP contribution is 2.48. The number of esters is 1. The second-order valence-electron chi connectivity index (χ2n) is 8.07. The largest absolute Gasteiger partial charge is 0.504 e. The molecule has 0 aliphatic carbocycles. The minimum Gasteiger partial charge on any atom is -0.504 e. The van der Waals surface area contributed by atoms with E-state index >= 15 is 0 Å². The number of hydrogen-bond acceptors (Lipinski definition) is 7. The molecule has 1 aliphatic rings. The van der Waals surface area contributed by atoms with E-state index in [9.17, 15) is 24.9 Å². The van der Waals surface area contributed by atoms with Crippen molar-refractivity contribution in [1.82, 2.24) is 0 Å². The molecule has 7 nitrogen and oxygen atoms in total. The summed E-state index contributed by atoms with van der Waals surface area (Å²) in [6.07, 6.45) is 8.18. The van der Waals surface area contributed by atoms with Crippen LogP contribution in [0.3, 0.4) is 0 Å². The van der Waals surface area contributed by atoms with Gasteiger partial charge in [-0.2, -0.15) is 0 Å². The number of benzene rings is 1. The number of unbranched alkanes of at least 4 members (excludes halogenated alkanes) is 6. The van der Waals surface area contributed by atoms with Crippen LogP contribution < -0.4 is 4.74 Å². The third-order valence-electron chi connectivity index (χ3n) is 5.54. The second-order valence-corrected chi connectivity index (χ2v) is 8.07. The van der Waals surface area contributed by atoms with Crippen molar-refractivity contribution >= 4 is 11.8 Å². The number of fused-ring (bicyclic) bond motifs is 1. The van der Waals surface area contributed by atoms with Gasteiger partial charge in [0.1, 0.15) is 23.2 Å². The zero-order valence-corrected chi connectivity index (χ0v) is 18.0. The fourth-order valence-electron chi connectivity index (χ4n) is 3.82. The van der Waals surface area contributed by atoms with Crippen molar-refractivity contribution < 1.29 is 34.4 Å². The van der Waals surface area contributed by atoms with Crippen molar-refractivity contribution in [2.45, 2.75) is 89.8 Å². The minimum absolute atomic E-state index is 0.195. The highest BCUT2D eigenvalue weighted by molar-refractivity contribution is 5.98. The van der Waals surface area contributed by atoms with Crippen molar-refractivity contribution in [2.24, 2.45) is 0 Å². The van der Waals surface area contributed by atoms with Gasteiger partial charge in [-0.3, -0.25) is 4.79 Å². The van der Waals surface area contributed by atoms with Gasteiger partial charge in [0.25, 0.3) is 0 Å². The van der Waals surface area contributed by atoms with Gasteiger partial charge in [0.15, 0.2) is 11.5 Å². The van der Waals surface area contributed by atoms with E-state index < -0.39 is 18.2 Å². The quantitative estimate of drug-likeness (QED) is 0.229. The van der Waals surface area contributed by atoms with Crippen LogP contribution >= 0.6 is 0 Å². The number of hydrogen-bond donors (Lipinski definition) is 3. The molecule has 0 spiro atoms. The second kappa shape index (κ2) is 11.8. The summed E-state index contributed by atoms with van der Waals surface area (Å²) < 4.78 is 10.5. The summed E-state index contributed by atoms with van der Waals surface area (Å²) in [6.45, 7) is 1.70. The number of cyclic esters (lactones) is 1. The van der Waals surface area contributed by atoms with Crippen LogP contribution in [0.15, 0.2) is 6.07 Å². The molecule has 2 rings (SSSR count). The van der Waals surface area contributed by atoms with Gasteiger partial charge >= 0.3 is 5.97 Å². The van der Waals surface area contributed by atoms with E-state index in [4.69, 9.17) is 9.47 Å². The molecular formula is C23H34O7. The van der Waals surface area contributed by atoms with Gasteiger partial charge in [0, 0.05) is 18.9 Å². The van der Waals surface area contributed by atoms with Crippen molar-refractivity contribution in [2.75, 3.05) is 7.11 Å². The molecule has 1 aromatic carbocycles. The van der Waals surface area contributed by atoms with Crippen LogP contribution in [0.4, 0.5) is 0 Å². The topological polar surface area (TPSA) is 113 Å². The molecule has 2 unspecified atom stereocenters. The lowest BCUT2D eigenvalue weighted by molar-refractivity contribution is -0.119. The third-order valence-corrected chi connectivity index (χ3v) is 5.54. The Morgan fingerprint density at radius 2 is 1.73 bits per heavy atom. The zero-order chi connectivity index (χ0) is 22.1. The fraction of sp³-hybridized carbons (Fsp3) is 0.652. The van der Waals surface area contributed by atoms with E-state index in [2.05, 4.69) is 0 Å². The van der Waals surface area contributed by atoms with Crippen LogP contribution in [0.25, 0.3) is 0 Å². The van der Waals surface area contributed by atoms with E-state index in [1.54, 1.807) is 6.92 Å². The van der Waals surface area contributed by atoms with Gasteiger partial charge < -0.3 is 24.8 Å². The summed E-state index contributed by atoms with van der Waals surface area (Å²) in [7, 11) is 1.40. The number of ketones is 1. The Kier molecular flexibility index (Phi) is 9.43. The van der Waals surface area contributed by atoms with E-state index in [0.29, 0.717) is 31.2 Å². The molecule has 0 bridgehead atoms. The molecule has 3 N–H and O–H groups in total. The molecule has 30 heavy (non-hydrogen) atoms. The number of aliphatic hydroxyl groups excluding tert-OH is 1. The Labute approximate surface area is 178 Å². The van der Waals surface area contributed by atoms with Gasteiger partial charge in [0.2, 0.25) is 0 Å². The number of phenols is 2. The van der Waals surface area contributed by atoms with Crippen LogP contribution in [0, 0.1) is 0 Å². The minimum atomic E-state index is -0.568. The number of rotatable bonds is 14. The van der Waals surface area contributed by atoms with Gasteiger partial charge in [0.05, 0.1) is 18.8 Å². The average Bonchev–Trinajstić information content (AvgIpc) is 3.04. The monoisotopic (exact) mass is 422 g/mol. The van der Waals surface area contributed by atoms with Crippen LogP contribution in [-0.2, 0) is 9.53 Å².